The summed E-state index contributed by atoms with van der Waals surface area (Å²) < 4.78 is 34.2. The van der Waals surface area contributed by atoms with E-state index >= 15 is 0 Å². The molecule has 0 spiro atoms. The van der Waals surface area contributed by atoms with Crippen LogP contribution in [0.3, 0.4) is 0 Å². The second kappa shape index (κ2) is 8.22. The Hall–Kier alpha value is -1.87. The third kappa shape index (κ3) is 3.78. The van der Waals surface area contributed by atoms with Gasteiger partial charge in [-0.25, -0.2) is 8.78 Å². The van der Waals surface area contributed by atoms with Crippen molar-refractivity contribution in [2.24, 2.45) is 5.92 Å². The van der Waals surface area contributed by atoms with Crippen LogP contribution in [0.25, 0.3) is 16.7 Å². The van der Waals surface area contributed by atoms with Crippen LogP contribution in [0.5, 0.6) is 5.75 Å². The van der Waals surface area contributed by atoms with Crippen molar-refractivity contribution in [1.82, 2.24) is 0 Å². The molecule has 0 saturated heterocycles. The van der Waals surface area contributed by atoms with Gasteiger partial charge < -0.3 is 4.74 Å². The third-order valence-electron chi connectivity index (χ3n) is 5.11. The van der Waals surface area contributed by atoms with E-state index in [-0.39, 0.29) is 22.2 Å². The van der Waals surface area contributed by atoms with E-state index in [0.29, 0.717) is 17.0 Å². The molecule has 0 amide bonds. The first kappa shape index (κ1) is 18.9. The number of ether oxygens (including phenoxy) is 1. The number of halogens is 3. The number of benzene rings is 2. The van der Waals surface area contributed by atoms with Gasteiger partial charge in [-0.3, -0.25) is 0 Å². The van der Waals surface area contributed by atoms with E-state index in [0.717, 1.165) is 24.8 Å². The van der Waals surface area contributed by atoms with Crippen molar-refractivity contribution in [3.8, 4) is 16.9 Å². The molecule has 0 radical (unpaired) electrons. The first-order valence-electron chi connectivity index (χ1n) is 9.06. The second-order valence-electron chi connectivity index (χ2n) is 6.80. The van der Waals surface area contributed by atoms with Gasteiger partial charge in [-0.15, -0.1) is 0 Å². The van der Waals surface area contributed by atoms with Crippen LogP contribution in [0.2, 0.25) is 5.02 Å². The van der Waals surface area contributed by atoms with Gasteiger partial charge in [0.2, 0.25) is 0 Å². The van der Waals surface area contributed by atoms with Gasteiger partial charge in [0, 0.05) is 11.1 Å². The summed E-state index contributed by atoms with van der Waals surface area (Å²) in [6, 6.07) is 8.02. The molecular formula is C22H23ClF2O. The monoisotopic (exact) mass is 376 g/mol. The SMILES string of the molecule is CCCC1CC=C(c2ccc(-c3ccc(OC)c(Cl)c3F)cc2F)CC1. The van der Waals surface area contributed by atoms with E-state index in [4.69, 9.17) is 16.3 Å². The number of allylic oxidation sites excluding steroid dienone is 2. The van der Waals surface area contributed by atoms with E-state index in [2.05, 4.69) is 13.0 Å². The Morgan fingerprint density at radius 3 is 2.54 bits per heavy atom. The van der Waals surface area contributed by atoms with Gasteiger partial charge in [-0.1, -0.05) is 49.6 Å². The summed E-state index contributed by atoms with van der Waals surface area (Å²) in [6.45, 7) is 2.20. The zero-order valence-electron chi connectivity index (χ0n) is 15.1. The molecule has 26 heavy (non-hydrogen) atoms. The fourth-order valence-corrected chi connectivity index (χ4v) is 3.90. The maximum atomic E-state index is 14.7. The van der Waals surface area contributed by atoms with Crippen molar-refractivity contribution >= 4 is 17.2 Å². The topological polar surface area (TPSA) is 9.23 Å². The molecule has 0 aromatic heterocycles. The Morgan fingerprint density at radius 2 is 1.92 bits per heavy atom. The molecule has 3 rings (SSSR count). The maximum Gasteiger partial charge on any atom is 0.153 e. The zero-order chi connectivity index (χ0) is 18.7. The van der Waals surface area contributed by atoms with Crippen LogP contribution in [0, 0.1) is 17.6 Å². The molecule has 1 atom stereocenters. The van der Waals surface area contributed by atoms with Crippen molar-refractivity contribution in [3.63, 3.8) is 0 Å². The van der Waals surface area contributed by atoms with Crippen molar-refractivity contribution in [2.75, 3.05) is 7.11 Å². The minimum absolute atomic E-state index is 0.0913. The molecule has 138 valence electrons. The Kier molecular flexibility index (Phi) is 5.98. The largest absolute Gasteiger partial charge is 0.495 e. The van der Waals surface area contributed by atoms with E-state index in [1.165, 1.54) is 26.0 Å². The Bertz CT molecular complexity index is 829. The highest BCUT2D eigenvalue weighted by Gasteiger charge is 2.19. The smallest absolute Gasteiger partial charge is 0.153 e. The molecule has 1 aliphatic rings. The minimum atomic E-state index is -0.600. The molecule has 0 fully saturated rings. The van der Waals surface area contributed by atoms with Crippen molar-refractivity contribution < 1.29 is 13.5 Å². The van der Waals surface area contributed by atoms with Gasteiger partial charge in [0.05, 0.1) is 7.11 Å². The van der Waals surface area contributed by atoms with Gasteiger partial charge >= 0.3 is 0 Å². The standard InChI is InChI=1S/C22H23ClF2O/c1-3-4-14-5-7-15(8-6-14)17-10-9-16(13-19(17)24)18-11-12-20(26-2)21(23)22(18)25/h7,9-14H,3-6,8H2,1-2H3. The lowest BCUT2D eigenvalue weighted by atomic mass is 9.84. The normalized spacial score (nSPS) is 17.1. The van der Waals surface area contributed by atoms with Gasteiger partial charge in [-0.05, 0) is 54.5 Å². The highest BCUT2D eigenvalue weighted by Crippen LogP contribution is 2.37. The summed E-state index contributed by atoms with van der Waals surface area (Å²) in [5.41, 5.74) is 2.40. The maximum absolute atomic E-state index is 14.7. The summed E-state index contributed by atoms with van der Waals surface area (Å²) in [5.74, 6) is 0.0483. The zero-order valence-corrected chi connectivity index (χ0v) is 15.9. The van der Waals surface area contributed by atoms with Gasteiger partial charge in [-0.2, -0.15) is 0 Å². The van der Waals surface area contributed by atoms with Crippen LogP contribution in [0.1, 0.15) is 44.6 Å². The van der Waals surface area contributed by atoms with Gasteiger partial charge in [0.1, 0.15) is 16.6 Å². The van der Waals surface area contributed by atoms with Crippen LogP contribution in [-0.2, 0) is 0 Å². The van der Waals surface area contributed by atoms with Gasteiger partial charge in [0.25, 0.3) is 0 Å². The van der Waals surface area contributed by atoms with E-state index in [1.807, 2.05) is 0 Å². The van der Waals surface area contributed by atoms with Crippen LogP contribution >= 0.6 is 11.6 Å². The molecular weight excluding hydrogens is 354 g/mol. The minimum Gasteiger partial charge on any atom is -0.495 e. The molecule has 2 aromatic carbocycles. The average Bonchev–Trinajstić information content (AvgIpc) is 2.65. The summed E-state index contributed by atoms with van der Waals surface area (Å²) in [5, 5.41) is -0.0913. The molecule has 0 saturated carbocycles. The lowest BCUT2D eigenvalue weighted by molar-refractivity contribution is 0.412. The summed E-state index contributed by atoms with van der Waals surface area (Å²) >= 11 is 5.98. The molecule has 4 heteroatoms. The fourth-order valence-electron chi connectivity index (χ4n) is 3.66. The fraction of sp³-hybridized carbons (Fsp3) is 0.364. The second-order valence-corrected chi connectivity index (χ2v) is 7.17. The lowest BCUT2D eigenvalue weighted by Gasteiger charge is -2.22. The number of methoxy groups -OCH3 is 1. The Balaban J connectivity index is 1.88. The number of hydrogen-bond acceptors (Lipinski definition) is 1. The molecule has 1 aliphatic carbocycles. The lowest BCUT2D eigenvalue weighted by Crippen LogP contribution is -2.06. The molecule has 0 aliphatic heterocycles. The highest BCUT2D eigenvalue weighted by atomic mass is 35.5. The van der Waals surface area contributed by atoms with Gasteiger partial charge in [0.15, 0.2) is 5.82 Å². The van der Waals surface area contributed by atoms with E-state index < -0.39 is 5.82 Å². The van der Waals surface area contributed by atoms with E-state index in [1.54, 1.807) is 24.3 Å². The summed E-state index contributed by atoms with van der Waals surface area (Å²) in [4.78, 5) is 0. The molecule has 1 nitrogen and oxygen atoms in total. The quantitative estimate of drug-likeness (QED) is 0.532. The van der Waals surface area contributed by atoms with Crippen molar-refractivity contribution in [1.29, 1.82) is 0 Å². The van der Waals surface area contributed by atoms with E-state index in [9.17, 15) is 8.78 Å². The van der Waals surface area contributed by atoms with Crippen molar-refractivity contribution in [2.45, 2.75) is 39.0 Å². The number of hydrogen-bond donors (Lipinski definition) is 0. The van der Waals surface area contributed by atoms with Crippen LogP contribution in [0.15, 0.2) is 36.4 Å². The van der Waals surface area contributed by atoms with Crippen LogP contribution < -0.4 is 4.74 Å². The number of rotatable bonds is 5. The predicted molar refractivity (Wildman–Crippen MR) is 104 cm³/mol. The predicted octanol–water partition coefficient (Wildman–Crippen LogP) is 7.28. The average molecular weight is 377 g/mol. The van der Waals surface area contributed by atoms with Crippen molar-refractivity contribution in [3.05, 3.63) is 58.6 Å². The van der Waals surface area contributed by atoms with Crippen LogP contribution in [0.4, 0.5) is 8.78 Å². The Morgan fingerprint density at radius 1 is 1.15 bits per heavy atom. The summed E-state index contributed by atoms with van der Waals surface area (Å²) in [6.07, 6.45) is 7.57. The summed E-state index contributed by atoms with van der Waals surface area (Å²) in [7, 11) is 1.43. The molecule has 0 bridgehead atoms. The molecule has 0 heterocycles. The Labute approximate surface area is 158 Å². The highest BCUT2D eigenvalue weighted by molar-refractivity contribution is 6.32. The molecule has 2 aromatic rings. The van der Waals surface area contributed by atoms with Crippen LogP contribution in [-0.4, -0.2) is 7.11 Å². The molecule has 0 N–H and O–H groups in total. The first-order valence-corrected chi connectivity index (χ1v) is 9.44. The molecule has 1 unspecified atom stereocenters. The first-order chi connectivity index (χ1) is 12.5. The third-order valence-corrected chi connectivity index (χ3v) is 5.46.